The van der Waals surface area contributed by atoms with Gasteiger partial charge in [0.2, 0.25) is 5.88 Å². The maximum absolute atomic E-state index is 9.93. The first-order valence-corrected chi connectivity index (χ1v) is 4.49. The van der Waals surface area contributed by atoms with Gasteiger partial charge in [0.1, 0.15) is 5.58 Å². The van der Waals surface area contributed by atoms with Gasteiger partial charge < -0.3 is 4.42 Å². The molecule has 0 aliphatic heterocycles. The Kier molecular flexibility index (Phi) is 2.23. The van der Waals surface area contributed by atoms with E-state index in [4.69, 9.17) is 4.42 Å². The average Bonchev–Trinajstić information content (AvgIpc) is 2.57. The molecular weight excluding hydrogens is 186 g/mol. The van der Waals surface area contributed by atoms with Crippen molar-refractivity contribution in [2.45, 2.75) is 0 Å². The van der Waals surface area contributed by atoms with Crippen molar-refractivity contribution in [2.75, 3.05) is 4.72 Å². The van der Waals surface area contributed by atoms with E-state index < -0.39 is 0 Å². The van der Waals surface area contributed by atoms with E-state index in [1.807, 2.05) is 30.3 Å². The van der Waals surface area contributed by atoms with Crippen molar-refractivity contribution in [3.05, 3.63) is 30.3 Å². The number of nitrogens with one attached hydrogen (secondary N) is 1. The lowest BCUT2D eigenvalue weighted by molar-refractivity contribution is 0.570. The number of hydrogen-bond donors (Lipinski definition) is 1. The number of rotatable bonds is 3. The second kappa shape index (κ2) is 3.53. The van der Waals surface area contributed by atoms with Gasteiger partial charge in [-0.25, -0.2) is 0 Å². The van der Waals surface area contributed by atoms with Crippen molar-refractivity contribution < 1.29 is 9.21 Å². The van der Waals surface area contributed by atoms with Gasteiger partial charge in [-0.1, -0.05) is 18.2 Å². The Morgan fingerprint density at radius 1 is 1.38 bits per heavy atom. The summed E-state index contributed by atoms with van der Waals surface area (Å²) in [4.78, 5) is 9.93. The van der Waals surface area contributed by atoms with Gasteiger partial charge in [0.25, 0.3) is 5.62 Å². The number of para-hydroxylation sites is 1. The Bertz CT molecular complexity index is 391. The molecule has 1 radical (unpaired) electrons. The third kappa shape index (κ3) is 1.67. The molecule has 0 spiro atoms. The lowest BCUT2D eigenvalue weighted by atomic mass is 10.3. The molecule has 1 N–H and O–H groups in total. The van der Waals surface area contributed by atoms with Crippen molar-refractivity contribution in [1.29, 1.82) is 0 Å². The molecule has 65 valence electrons. The standard InChI is InChI=1S/C9H6NO2S/c11-6-13-10-9-5-7-3-1-2-4-8(7)12-9/h1-5,10H. The van der Waals surface area contributed by atoms with Crippen LogP contribution in [0, 0.1) is 0 Å². The SMILES string of the molecule is O=[C]SNc1cc2ccccc2o1. The van der Waals surface area contributed by atoms with Gasteiger partial charge in [-0.15, -0.1) is 0 Å². The topological polar surface area (TPSA) is 42.2 Å². The van der Waals surface area contributed by atoms with Crippen LogP contribution in [0.25, 0.3) is 11.0 Å². The third-order valence-corrected chi connectivity index (χ3v) is 2.01. The van der Waals surface area contributed by atoms with Crippen molar-refractivity contribution in [3.63, 3.8) is 0 Å². The summed E-state index contributed by atoms with van der Waals surface area (Å²) in [7, 11) is 0. The number of anilines is 1. The van der Waals surface area contributed by atoms with Crippen LogP contribution in [0.1, 0.15) is 0 Å². The van der Waals surface area contributed by atoms with Gasteiger partial charge in [0, 0.05) is 23.4 Å². The summed E-state index contributed by atoms with van der Waals surface area (Å²) in [6.45, 7) is 0. The summed E-state index contributed by atoms with van der Waals surface area (Å²) in [5.74, 6) is 0.564. The highest BCUT2D eigenvalue weighted by Gasteiger charge is 2.01. The van der Waals surface area contributed by atoms with E-state index in [-0.39, 0.29) is 0 Å². The third-order valence-electron chi connectivity index (χ3n) is 1.62. The molecule has 0 atom stereocenters. The fourth-order valence-electron chi connectivity index (χ4n) is 1.10. The van der Waals surface area contributed by atoms with Crippen LogP contribution in [-0.4, -0.2) is 5.62 Å². The van der Waals surface area contributed by atoms with Crippen LogP contribution in [0.2, 0.25) is 0 Å². The van der Waals surface area contributed by atoms with Crippen LogP contribution in [0.3, 0.4) is 0 Å². The zero-order valence-corrected chi connectivity index (χ0v) is 7.43. The Morgan fingerprint density at radius 2 is 2.23 bits per heavy atom. The van der Waals surface area contributed by atoms with Gasteiger partial charge in [-0.2, -0.15) is 0 Å². The molecule has 0 amide bonds. The number of carbonyl (C=O) groups excluding carboxylic acids is 1. The molecule has 1 aromatic carbocycles. The lowest BCUT2D eigenvalue weighted by Crippen LogP contribution is -1.80. The number of furan rings is 1. The average molecular weight is 192 g/mol. The zero-order valence-electron chi connectivity index (χ0n) is 6.61. The molecule has 0 unspecified atom stereocenters. The van der Waals surface area contributed by atoms with Crippen molar-refractivity contribution in [2.24, 2.45) is 0 Å². The number of fused-ring (bicyclic) bond motifs is 1. The van der Waals surface area contributed by atoms with E-state index in [1.54, 1.807) is 5.62 Å². The maximum atomic E-state index is 9.93. The predicted molar refractivity (Wildman–Crippen MR) is 53.1 cm³/mol. The molecule has 0 aliphatic rings. The molecule has 13 heavy (non-hydrogen) atoms. The molecule has 0 bridgehead atoms. The van der Waals surface area contributed by atoms with Gasteiger partial charge in [0.15, 0.2) is 0 Å². The largest absolute Gasteiger partial charge is 0.440 e. The van der Waals surface area contributed by atoms with Gasteiger partial charge in [-0.3, -0.25) is 9.52 Å². The minimum Gasteiger partial charge on any atom is -0.440 e. The van der Waals surface area contributed by atoms with Crippen LogP contribution in [0.5, 0.6) is 0 Å². The minimum absolute atomic E-state index is 0.564. The smallest absolute Gasteiger partial charge is 0.288 e. The molecule has 0 saturated carbocycles. The van der Waals surface area contributed by atoms with Crippen molar-refractivity contribution >= 4 is 34.4 Å². The summed E-state index contributed by atoms with van der Waals surface area (Å²) < 4.78 is 8.07. The van der Waals surface area contributed by atoms with Crippen LogP contribution in [0.15, 0.2) is 34.7 Å². The summed E-state index contributed by atoms with van der Waals surface area (Å²) in [6.07, 6.45) is 0. The maximum Gasteiger partial charge on any atom is 0.288 e. The normalized spacial score (nSPS) is 10.2. The Labute approximate surface area is 79.2 Å². The molecule has 1 heterocycles. The molecule has 2 aromatic rings. The van der Waals surface area contributed by atoms with Crippen molar-refractivity contribution in [1.82, 2.24) is 0 Å². The minimum atomic E-state index is 0.564. The molecule has 2 rings (SSSR count). The molecule has 3 nitrogen and oxygen atoms in total. The summed E-state index contributed by atoms with van der Waals surface area (Å²) >= 11 is 0.827. The molecule has 0 fully saturated rings. The highest BCUT2D eigenvalue weighted by Crippen LogP contribution is 2.23. The number of hydrogen-bond acceptors (Lipinski definition) is 4. The fraction of sp³-hybridized carbons (Fsp3) is 0. The molecule has 4 heteroatoms. The number of benzene rings is 1. The zero-order chi connectivity index (χ0) is 9.10. The van der Waals surface area contributed by atoms with Gasteiger partial charge in [-0.05, 0) is 6.07 Å². The summed E-state index contributed by atoms with van der Waals surface area (Å²) in [5, 5.41) is 1.01. The Hall–Kier alpha value is -1.42. The van der Waals surface area contributed by atoms with E-state index in [1.165, 1.54) is 0 Å². The van der Waals surface area contributed by atoms with Gasteiger partial charge >= 0.3 is 0 Å². The predicted octanol–water partition coefficient (Wildman–Crippen LogP) is 2.56. The second-order valence-electron chi connectivity index (χ2n) is 2.44. The summed E-state index contributed by atoms with van der Waals surface area (Å²) in [5.41, 5.74) is 2.46. The van der Waals surface area contributed by atoms with Crippen LogP contribution in [0.4, 0.5) is 5.88 Å². The van der Waals surface area contributed by atoms with Crippen molar-refractivity contribution in [3.8, 4) is 0 Å². The Morgan fingerprint density at radius 3 is 3.00 bits per heavy atom. The first kappa shape index (κ1) is 8.19. The summed E-state index contributed by atoms with van der Waals surface area (Å²) in [6, 6.07) is 9.48. The first-order chi connectivity index (χ1) is 6.40. The molecule has 0 saturated heterocycles. The highest BCUT2D eigenvalue weighted by molar-refractivity contribution is 8.12. The molecule has 1 aromatic heterocycles. The second-order valence-corrected chi connectivity index (χ2v) is 3.01. The van der Waals surface area contributed by atoms with Gasteiger partial charge in [0.05, 0.1) is 0 Å². The van der Waals surface area contributed by atoms with E-state index >= 15 is 0 Å². The van der Waals surface area contributed by atoms with Crippen LogP contribution >= 0.6 is 11.9 Å². The van der Waals surface area contributed by atoms with E-state index in [9.17, 15) is 4.79 Å². The first-order valence-electron chi connectivity index (χ1n) is 3.68. The van der Waals surface area contributed by atoms with E-state index in [2.05, 4.69) is 4.72 Å². The lowest BCUT2D eigenvalue weighted by Gasteiger charge is -1.90. The molecule has 0 aliphatic carbocycles. The van der Waals surface area contributed by atoms with Crippen LogP contribution in [-0.2, 0) is 4.79 Å². The van der Waals surface area contributed by atoms with E-state index in [0.717, 1.165) is 22.9 Å². The molecular formula is C9H6NO2S. The van der Waals surface area contributed by atoms with E-state index in [0.29, 0.717) is 5.88 Å². The quantitative estimate of drug-likeness (QED) is 0.759. The fourth-order valence-corrected chi connectivity index (χ4v) is 1.35. The monoisotopic (exact) mass is 192 g/mol. The Balaban J connectivity index is 2.32. The van der Waals surface area contributed by atoms with Crippen LogP contribution < -0.4 is 4.72 Å². The highest BCUT2D eigenvalue weighted by atomic mass is 32.2.